The van der Waals surface area contributed by atoms with Crippen LogP contribution >= 0.6 is 0 Å². The molecule has 22 heavy (non-hydrogen) atoms. The molecule has 0 heterocycles. The monoisotopic (exact) mass is 296 g/mol. The fraction of sp³-hybridized carbons (Fsp3) is 0.176. The lowest BCUT2D eigenvalue weighted by atomic mass is 10.1. The summed E-state index contributed by atoms with van der Waals surface area (Å²) >= 11 is 0. The van der Waals surface area contributed by atoms with E-state index in [1.807, 2.05) is 19.1 Å². The molecular weight excluding hydrogens is 280 g/mol. The molecule has 0 aliphatic heterocycles. The molecule has 0 bridgehead atoms. The molecule has 1 N–H and O–H groups in total. The van der Waals surface area contributed by atoms with Crippen LogP contribution in [0.1, 0.15) is 24.2 Å². The highest BCUT2D eigenvalue weighted by atomic mass is 16.5. The fourth-order valence-corrected chi connectivity index (χ4v) is 1.92. The maximum atomic E-state index is 11.1. The predicted octanol–water partition coefficient (Wildman–Crippen LogP) is 3.88. The van der Waals surface area contributed by atoms with Crippen LogP contribution in [0.25, 0.3) is 0 Å². The summed E-state index contributed by atoms with van der Waals surface area (Å²) < 4.78 is 10.4. The first-order chi connectivity index (χ1) is 10.6. The van der Waals surface area contributed by atoms with Gasteiger partial charge in [0.15, 0.2) is 0 Å². The van der Waals surface area contributed by atoms with Gasteiger partial charge < -0.3 is 9.47 Å². The first-order valence-electron chi connectivity index (χ1n) is 6.74. The third-order valence-electron chi connectivity index (χ3n) is 3.08. The molecule has 1 atom stereocenters. The first-order valence-corrected chi connectivity index (χ1v) is 6.74. The highest BCUT2D eigenvalue weighted by Gasteiger charge is 2.08. The summed E-state index contributed by atoms with van der Waals surface area (Å²) in [5.74, 6) is 0.672. The Balaban J connectivity index is 2.03. The number of anilines is 1. The average Bonchev–Trinajstić information content (AvgIpc) is 2.56. The normalized spacial score (nSPS) is 11.1. The van der Waals surface area contributed by atoms with Gasteiger partial charge in [-0.2, -0.15) is 5.26 Å². The number of amides is 1. The smallest absolute Gasteiger partial charge is 0.411 e. The summed E-state index contributed by atoms with van der Waals surface area (Å²) in [7, 11) is 1.31. The van der Waals surface area contributed by atoms with Crippen molar-refractivity contribution in [1.82, 2.24) is 0 Å². The Bertz CT molecular complexity index is 690. The van der Waals surface area contributed by atoms with E-state index in [0.717, 1.165) is 5.56 Å². The molecule has 2 rings (SSSR count). The molecule has 5 heteroatoms. The van der Waals surface area contributed by atoms with Crippen LogP contribution in [0.3, 0.4) is 0 Å². The van der Waals surface area contributed by atoms with Gasteiger partial charge in [0, 0.05) is 5.69 Å². The highest BCUT2D eigenvalue weighted by Crippen LogP contribution is 2.23. The Morgan fingerprint density at radius 3 is 2.59 bits per heavy atom. The van der Waals surface area contributed by atoms with Crippen molar-refractivity contribution in [1.29, 1.82) is 5.26 Å². The molecule has 0 saturated carbocycles. The molecule has 0 aliphatic rings. The van der Waals surface area contributed by atoms with E-state index in [-0.39, 0.29) is 6.10 Å². The molecule has 0 fully saturated rings. The quantitative estimate of drug-likeness (QED) is 0.929. The summed E-state index contributed by atoms with van der Waals surface area (Å²) in [4.78, 5) is 11.1. The molecule has 0 unspecified atom stereocenters. The van der Waals surface area contributed by atoms with Crippen LogP contribution in [0.2, 0.25) is 0 Å². The van der Waals surface area contributed by atoms with Crippen molar-refractivity contribution in [2.75, 3.05) is 12.4 Å². The molecule has 112 valence electrons. The van der Waals surface area contributed by atoms with Gasteiger partial charge in [-0.1, -0.05) is 12.1 Å². The van der Waals surface area contributed by atoms with Gasteiger partial charge >= 0.3 is 6.09 Å². The predicted molar refractivity (Wildman–Crippen MR) is 82.7 cm³/mol. The summed E-state index contributed by atoms with van der Waals surface area (Å²) in [6.07, 6.45) is -0.705. The van der Waals surface area contributed by atoms with Crippen LogP contribution in [0.4, 0.5) is 10.5 Å². The number of nitrogens with zero attached hydrogens (tertiary/aromatic N) is 1. The van der Waals surface area contributed by atoms with Crippen molar-refractivity contribution in [3.05, 3.63) is 59.7 Å². The average molecular weight is 296 g/mol. The van der Waals surface area contributed by atoms with E-state index in [1.165, 1.54) is 7.11 Å². The maximum Gasteiger partial charge on any atom is 0.411 e. The van der Waals surface area contributed by atoms with E-state index in [1.54, 1.807) is 36.4 Å². The van der Waals surface area contributed by atoms with E-state index in [9.17, 15) is 4.79 Å². The third kappa shape index (κ3) is 4.00. The Hall–Kier alpha value is -3.00. The van der Waals surface area contributed by atoms with Gasteiger partial charge in [-0.3, -0.25) is 5.32 Å². The van der Waals surface area contributed by atoms with Gasteiger partial charge in [-0.05, 0) is 48.9 Å². The van der Waals surface area contributed by atoms with Gasteiger partial charge in [-0.25, -0.2) is 4.79 Å². The van der Waals surface area contributed by atoms with Crippen LogP contribution in [-0.2, 0) is 4.74 Å². The van der Waals surface area contributed by atoms with Gasteiger partial charge in [0.1, 0.15) is 11.9 Å². The minimum atomic E-state index is -0.518. The number of nitrogens with one attached hydrogen (secondary N) is 1. The van der Waals surface area contributed by atoms with Gasteiger partial charge in [0.25, 0.3) is 0 Å². The minimum absolute atomic E-state index is 0.187. The Labute approximate surface area is 129 Å². The zero-order valence-electron chi connectivity index (χ0n) is 12.4. The molecule has 1 amide bonds. The number of carbonyl (C=O) groups excluding carboxylic acids is 1. The summed E-state index contributed by atoms with van der Waals surface area (Å²) in [5.41, 5.74) is 2.15. The van der Waals surface area contributed by atoms with Gasteiger partial charge in [0.2, 0.25) is 0 Å². The Morgan fingerprint density at radius 2 is 1.95 bits per heavy atom. The van der Waals surface area contributed by atoms with Crippen LogP contribution in [0, 0.1) is 11.3 Å². The molecule has 0 aromatic heterocycles. The highest BCUT2D eigenvalue weighted by molar-refractivity contribution is 5.84. The summed E-state index contributed by atoms with van der Waals surface area (Å²) in [6, 6.07) is 16.4. The Kier molecular flexibility index (Phi) is 4.99. The third-order valence-corrected chi connectivity index (χ3v) is 3.08. The molecule has 0 aliphatic carbocycles. The number of ether oxygens (including phenoxy) is 2. The lowest BCUT2D eigenvalue weighted by molar-refractivity contribution is 0.187. The topological polar surface area (TPSA) is 71.3 Å². The second kappa shape index (κ2) is 7.14. The standard InChI is InChI=1S/C17H16N2O3/c1-12(14-5-3-4-13(10-14)11-18)22-16-8-6-15(7-9-16)19-17(20)21-2/h3-10,12H,1-2H3,(H,19,20)/t12-/m0/s1. The van der Waals surface area contributed by atoms with Gasteiger partial charge in [0.05, 0.1) is 18.7 Å². The summed E-state index contributed by atoms with van der Waals surface area (Å²) in [6.45, 7) is 1.91. The molecule has 0 spiro atoms. The lowest BCUT2D eigenvalue weighted by Gasteiger charge is -2.15. The number of hydrogen-bond donors (Lipinski definition) is 1. The molecule has 0 saturated heterocycles. The van der Waals surface area contributed by atoms with E-state index in [0.29, 0.717) is 17.0 Å². The van der Waals surface area contributed by atoms with Crippen molar-refractivity contribution >= 4 is 11.8 Å². The number of benzene rings is 2. The number of carbonyl (C=O) groups is 1. The molecular formula is C17H16N2O3. The van der Waals surface area contributed by atoms with Crippen LogP contribution in [-0.4, -0.2) is 13.2 Å². The number of rotatable bonds is 4. The van der Waals surface area contributed by atoms with Crippen molar-refractivity contribution in [3.8, 4) is 11.8 Å². The number of hydrogen-bond acceptors (Lipinski definition) is 4. The van der Waals surface area contributed by atoms with Crippen LogP contribution < -0.4 is 10.1 Å². The van der Waals surface area contributed by atoms with Crippen molar-refractivity contribution in [2.24, 2.45) is 0 Å². The fourth-order valence-electron chi connectivity index (χ4n) is 1.92. The maximum absolute atomic E-state index is 11.1. The zero-order chi connectivity index (χ0) is 15.9. The van der Waals surface area contributed by atoms with E-state index >= 15 is 0 Å². The van der Waals surface area contributed by atoms with Crippen molar-refractivity contribution < 1.29 is 14.3 Å². The molecule has 0 radical (unpaired) electrons. The largest absolute Gasteiger partial charge is 0.486 e. The van der Waals surface area contributed by atoms with Crippen molar-refractivity contribution in [3.63, 3.8) is 0 Å². The van der Waals surface area contributed by atoms with E-state index < -0.39 is 6.09 Å². The van der Waals surface area contributed by atoms with E-state index in [4.69, 9.17) is 10.00 Å². The van der Waals surface area contributed by atoms with Crippen LogP contribution in [0.15, 0.2) is 48.5 Å². The number of methoxy groups -OCH3 is 1. The molecule has 2 aromatic rings. The van der Waals surface area contributed by atoms with Crippen molar-refractivity contribution in [2.45, 2.75) is 13.0 Å². The Morgan fingerprint density at radius 1 is 1.23 bits per heavy atom. The van der Waals surface area contributed by atoms with Crippen LogP contribution in [0.5, 0.6) is 5.75 Å². The second-order valence-corrected chi connectivity index (χ2v) is 4.64. The molecule has 5 nitrogen and oxygen atoms in total. The minimum Gasteiger partial charge on any atom is -0.486 e. The summed E-state index contributed by atoms with van der Waals surface area (Å²) in [5, 5.41) is 11.5. The molecule has 2 aromatic carbocycles. The second-order valence-electron chi connectivity index (χ2n) is 4.64. The van der Waals surface area contributed by atoms with Gasteiger partial charge in [-0.15, -0.1) is 0 Å². The zero-order valence-corrected chi connectivity index (χ0v) is 12.4. The number of nitriles is 1. The van der Waals surface area contributed by atoms with E-state index in [2.05, 4.69) is 16.1 Å². The SMILES string of the molecule is COC(=O)Nc1ccc(O[C@@H](C)c2cccc(C#N)c2)cc1. The first kappa shape index (κ1) is 15.4. The lowest BCUT2D eigenvalue weighted by Crippen LogP contribution is -2.10.